The Morgan fingerprint density at radius 3 is 2.74 bits per heavy atom. The molecule has 1 aliphatic rings. The van der Waals surface area contributed by atoms with E-state index in [2.05, 4.69) is 22.1 Å². The molecule has 1 heterocycles. The van der Waals surface area contributed by atoms with E-state index in [1.807, 2.05) is 0 Å². The molecule has 1 aliphatic carbocycles. The predicted molar refractivity (Wildman–Crippen MR) is 92.6 cm³/mol. The molecule has 0 unspecified atom stereocenters. The van der Waals surface area contributed by atoms with Crippen molar-refractivity contribution < 1.29 is 9.18 Å². The minimum absolute atomic E-state index is 0.0226. The first kappa shape index (κ1) is 16.5. The summed E-state index contributed by atoms with van der Waals surface area (Å²) in [5, 5.41) is 7.55. The van der Waals surface area contributed by atoms with E-state index in [0.717, 1.165) is 12.8 Å². The highest BCUT2D eigenvalue weighted by Crippen LogP contribution is 2.41. The summed E-state index contributed by atoms with van der Waals surface area (Å²) < 4.78 is 13.8. The highest BCUT2D eigenvalue weighted by molar-refractivity contribution is 7.08. The topological polar surface area (TPSA) is 29.1 Å². The number of hydrogen-bond donors (Lipinski definition) is 1. The zero-order chi connectivity index (χ0) is 16.3. The van der Waals surface area contributed by atoms with Gasteiger partial charge in [0.1, 0.15) is 5.82 Å². The summed E-state index contributed by atoms with van der Waals surface area (Å²) >= 11 is 7.68. The van der Waals surface area contributed by atoms with Crippen LogP contribution in [0.5, 0.6) is 0 Å². The fourth-order valence-corrected chi connectivity index (χ4v) is 4.39. The van der Waals surface area contributed by atoms with Crippen LogP contribution in [0.1, 0.15) is 36.8 Å². The van der Waals surface area contributed by atoms with Gasteiger partial charge in [-0.05, 0) is 47.4 Å². The van der Waals surface area contributed by atoms with Crippen molar-refractivity contribution in [1.82, 2.24) is 5.32 Å². The molecular formula is C18H19ClFNOS. The summed E-state index contributed by atoms with van der Waals surface area (Å²) in [7, 11) is 0. The fraction of sp³-hybridized carbons (Fsp3) is 0.389. The summed E-state index contributed by atoms with van der Waals surface area (Å²) in [5.41, 5.74) is 1.61. The molecule has 0 radical (unpaired) electrons. The van der Waals surface area contributed by atoms with Crippen molar-refractivity contribution in [3.63, 3.8) is 0 Å². The second kappa shape index (κ2) is 7.02. The maximum atomic E-state index is 13.8. The van der Waals surface area contributed by atoms with Crippen LogP contribution in [0, 0.1) is 5.82 Å². The summed E-state index contributed by atoms with van der Waals surface area (Å²) in [4.78, 5) is 12.3. The van der Waals surface area contributed by atoms with Crippen LogP contribution < -0.4 is 5.32 Å². The molecule has 1 aromatic carbocycles. The zero-order valence-electron chi connectivity index (χ0n) is 12.8. The third kappa shape index (κ3) is 3.59. The largest absolute Gasteiger partial charge is 0.355 e. The molecule has 2 nitrogen and oxygen atoms in total. The van der Waals surface area contributed by atoms with E-state index in [9.17, 15) is 9.18 Å². The van der Waals surface area contributed by atoms with Crippen molar-refractivity contribution in [2.75, 3.05) is 6.54 Å². The predicted octanol–water partition coefficient (Wildman–Crippen LogP) is 4.71. The number of carbonyl (C=O) groups excluding carboxylic acids is 1. The van der Waals surface area contributed by atoms with Gasteiger partial charge in [-0.3, -0.25) is 4.79 Å². The summed E-state index contributed by atoms with van der Waals surface area (Å²) in [6, 6.07) is 6.63. The molecule has 0 atom stereocenters. The van der Waals surface area contributed by atoms with Gasteiger partial charge in [0.15, 0.2) is 0 Å². The molecule has 0 spiro atoms. The molecule has 1 amide bonds. The van der Waals surface area contributed by atoms with Gasteiger partial charge in [0.05, 0.1) is 6.42 Å². The quantitative estimate of drug-likeness (QED) is 0.830. The average molecular weight is 352 g/mol. The minimum Gasteiger partial charge on any atom is -0.355 e. The van der Waals surface area contributed by atoms with Crippen LogP contribution in [0.15, 0.2) is 35.0 Å². The first-order valence-electron chi connectivity index (χ1n) is 7.83. The third-order valence-electron chi connectivity index (χ3n) is 4.72. The number of amides is 1. The lowest BCUT2D eigenvalue weighted by atomic mass is 9.80. The van der Waals surface area contributed by atoms with Crippen molar-refractivity contribution in [3.8, 4) is 0 Å². The van der Waals surface area contributed by atoms with E-state index in [0.29, 0.717) is 11.6 Å². The van der Waals surface area contributed by atoms with Crippen LogP contribution >= 0.6 is 22.9 Å². The number of rotatable bonds is 5. The SMILES string of the molecule is O=C(Cc1c(F)cccc1Cl)NCC1(c2ccsc2)CCCC1. The van der Waals surface area contributed by atoms with Crippen LogP contribution in [0.2, 0.25) is 5.02 Å². The normalized spacial score (nSPS) is 16.4. The van der Waals surface area contributed by atoms with Crippen molar-refractivity contribution in [3.05, 3.63) is 57.0 Å². The van der Waals surface area contributed by atoms with Gasteiger partial charge in [-0.25, -0.2) is 4.39 Å². The molecule has 3 rings (SSSR count). The van der Waals surface area contributed by atoms with Gasteiger partial charge >= 0.3 is 0 Å². The van der Waals surface area contributed by atoms with Gasteiger partial charge in [-0.15, -0.1) is 0 Å². The zero-order valence-corrected chi connectivity index (χ0v) is 14.4. The number of benzene rings is 1. The number of thiophene rings is 1. The Labute approximate surface area is 144 Å². The van der Waals surface area contributed by atoms with E-state index in [-0.39, 0.29) is 23.3 Å². The standard InChI is InChI=1S/C18H19ClFNOS/c19-15-4-3-5-16(20)14(15)10-17(22)21-12-18(7-1-2-8-18)13-6-9-23-11-13/h3-6,9,11H,1-2,7-8,10,12H2,(H,21,22). The third-order valence-corrected chi connectivity index (χ3v) is 5.75. The Bertz CT molecular complexity index is 660. The number of carbonyl (C=O) groups is 1. The molecule has 1 saturated carbocycles. The van der Waals surface area contributed by atoms with Crippen molar-refractivity contribution in [2.24, 2.45) is 0 Å². The van der Waals surface area contributed by atoms with Gasteiger partial charge in [0.2, 0.25) is 5.91 Å². The van der Waals surface area contributed by atoms with E-state index < -0.39 is 5.82 Å². The molecule has 0 bridgehead atoms. The van der Waals surface area contributed by atoms with Gasteiger partial charge in [0.25, 0.3) is 0 Å². The van der Waals surface area contributed by atoms with Crippen LogP contribution in [-0.2, 0) is 16.6 Å². The van der Waals surface area contributed by atoms with Crippen LogP contribution in [0.4, 0.5) is 4.39 Å². The molecule has 0 aliphatic heterocycles. The van der Waals surface area contributed by atoms with E-state index >= 15 is 0 Å². The molecular weight excluding hydrogens is 333 g/mol. The molecule has 0 saturated heterocycles. The molecule has 1 fully saturated rings. The molecule has 5 heteroatoms. The maximum absolute atomic E-state index is 13.8. The second-order valence-electron chi connectivity index (χ2n) is 6.15. The van der Waals surface area contributed by atoms with Gasteiger partial charge in [-0.1, -0.05) is 30.5 Å². The highest BCUT2D eigenvalue weighted by Gasteiger charge is 2.36. The highest BCUT2D eigenvalue weighted by atomic mass is 35.5. The van der Waals surface area contributed by atoms with Crippen LogP contribution in [0.25, 0.3) is 0 Å². The van der Waals surface area contributed by atoms with Gasteiger partial charge in [0, 0.05) is 22.5 Å². The number of nitrogens with one attached hydrogen (secondary N) is 1. The van der Waals surface area contributed by atoms with E-state index in [4.69, 9.17) is 11.6 Å². The van der Waals surface area contributed by atoms with Gasteiger partial charge in [-0.2, -0.15) is 11.3 Å². The minimum atomic E-state index is -0.430. The number of halogens is 2. The smallest absolute Gasteiger partial charge is 0.224 e. The lowest BCUT2D eigenvalue weighted by Gasteiger charge is -2.28. The Morgan fingerprint density at radius 2 is 2.09 bits per heavy atom. The molecule has 2 aromatic rings. The Morgan fingerprint density at radius 1 is 1.30 bits per heavy atom. The Kier molecular flexibility index (Phi) is 5.02. The van der Waals surface area contributed by atoms with Crippen LogP contribution in [-0.4, -0.2) is 12.5 Å². The fourth-order valence-electron chi connectivity index (χ4n) is 3.38. The first-order chi connectivity index (χ1) is 11.1. The van der Waals surface area contributed by atoms with Crippen molar-refractivity contribution in [2.45, 2.75) is 37.5 Å². The lowest BCUT2D eigenvalue weighted by molar-refractivity contribution is -0.120. The lowest BCUT2D eigenvalue weighted by Crippen LogP contribution is -2.39. The average Bonchev–Trinajstić information content (AvgIpc) is 3.20. The summed E-state index contributed by atoms with van der Waals surface area (Å²) in [6.07, 6.45) is 4.52. The van der Waals surface area contributed by atoms with Crippen LogP contribution in [0.3, 0.4) is 0 Å². The monoisotopic (exact) mass is 351 g/mol. The summed E-state index contributed by atoms with van der Waals surface area (Å²) in [6.45, 7) is 0.606. The molecule has 122 valence electrons. The van der Waals surface area contributed by atoms with Gasteiger partial charge < -0.3 is 5.32 Å². The van der Waals surface area contributed by atoms with E-state index in [1.165, 1.54) is 24.5 Å². The first-order valence-corrected chi connectivity index (χ1v) is 9.15. The Balaban J connectivity index is 1.66. The molecule has 1 N–H and O–H groups in total. The number of hydrogen-bond acceptors (Lipinski definition) is 2. The second-order valence-corrected chi connectivity index (χ2v) is 7.34. The van der Waals surface area contributed by atoms with Crippen molar-refractivity contribution >= 4 is 28.8 Å². The van der Waals surface area contributed by atoms with Crippen molar-refractivity contribution in [1.29, 1.82) is 0 Å². The Hall–Kier alpha value is -1.39. The van der Waals surface area contributed by atoms with E-state index in [1.54, 1.807) is 23.5 Å². The maximum Gasteiger partial charge on any atom is 0.224 e. The summed E-state index contributed by atoms with van der Waals surface area (Å²) in [5.74, 6) is -0.612. The molecule has 23 heavy (non-hydrogen) atoms. The molecule has 1 aromatic heterocycles.